The molecule has 0 bridgehead atoms. The highest BCUT2D eigenvalue weighted by Gasteiger charge is 2.39. The number of halogens is 5. The summed E-state index contributed by atoms with van der Waals surface area (Å²) in [5, 5.41) is 13.2. The Morgan fingerprint density at radius 2 is 1.76 bits per heavy atom. The van der Waals surface area contributed by atoms with Gasteiger partial charge in [-0.2, -0.15) is 22.0 Å². The number of allylic oxidation sites excluding steroid dienone is 3. The molecule has 1 unspecified atom stereocenters. The van der Waals surface area contributed by atoms with Gasteiger partial charge in [0.25, 0.3) is 5.91 Å². The lowest BCUT2D eigenvalue weighted by atomic mass is 9.81. The second kappa shape index (κ2) is 13.9. The molecule has 3 amide bonds. The van der Waals surface area contributed by atoms with Crippen molar-refractivity contribution in [3.63, 3.8) is 0 Å². The maximum Gasteiger partial charge on any atom is 0.446 e. The van der Waals surface area contributed by atoms with Gasteiger partial charge in [0.15, 0.2) is 0 Å². The van der Waals surface area contributed by atoms with Crippen molar-refractivity contribution in [2.45, 2.75) is 55.4 Å². The summed E-state index contributed by atoms with van der Waals surface area (Å²) in [6.07, 6.45) is 11.2. The first-order chi connectivity index (χ1) is 21.1. The maximum atomic E-state index is 13.7. The van der Waals surface area contributed by atoms with E-state index in [1.54, 1.807) is 18.2 Å². The van der Waals surface area contributed by atoms with Gasteiger partial charge in [-0.15, -0.1) is 0 Å². The lowest BCUT2D eigenvalue weighted by molar-refractivity contribution is -0.164. The molecular weight excluding hydrogens is 617 g/mol. The Bertz CT molecular complexity index is 1520. The summed E-state index contributed by atoms with van der Waals surface area (Å²) in [4.78, 5) is 38.1. The summed E-state index contributed by atoms with van der Waals surface area (Å²) >= 11 is -0.291. The monoisotopic (exact) mass is 649 g/mol. The molecule has 0 spiro atoms. The highest BCUT2D eigenvalue weighted by Crippen LogP contribution is 2.38. The van der Waals surface area contributed by atoms with Crippen molar-refractivity contribution in [1.29, 1.82) is 0 Å². The van der Waals surface area contributed by atoms with E-state index < -0.39 is 41.3 Å². The van der Waals surface area contributed by atoms with Gasteiger partial charge in [0.05, 0.1) is 6.54 Å². The van der Waals surface area contributed by atoms with E-state index in [-0.39, 0.29) is 40.9 Å². The normalized spacial score (nSPS) is 18.4. The third kappa shape index (κ3) is 9.43. The van der Waals surface area contributed by atoms with E-state index in [2.05, 4.69) is 11.4 Å². The number of nitrogens with one attached hydrogen (secondary N) is 2. The molecule has 2 aliphatic rings. The first-order valence-corrected chi connectivity index (χ1v) is 15.0. The standard InChI is InChI=1S/C32H32F5N3O4S/c1-30(16-14-23(15-17-30)27(41)38-19-31(33,34)28(42)43)20-40(25-12-10-22(11-13-25)21-6-3-2-4-7-21)29(44)39-24-8-5-9-26(18-24)45-32(35,36)37/h5-6,8-16,18H,2-4,7,17,19-20H2,1H3,(H,38,41)(H,39,44)(H,42,43). The highest BCUT2D eigenvalue weighted by molar-refractivity contribution is 8.00. The molecule has 45 heavy (non-hydrogen) atoms. The molecule has 0 aliphatic heterocycles. The van der Waals surface area contributed by atoms with Gasteiger partial charge < -0.3 is 15.7 Å². The first-order valence-electron chi connectivity index (χ1n) is 14.2. The Hall–Kier alpha value is -4.13. The molecular formula is C32H32F5N3O4S. The van der Waals surface area contributed by atoms with E-state index in [0.717, 1.165) is 31.2 Å². The van der Waals surface area contributed by atoms with E-state index in [9.17, 15) is 36.3 Å². The molecule has 3 N–H and O–H groups in total. The number of hydrogen-bond acceptors (Lipinski definition) is 4. The van der Waals surface area contributed by atoms with Crippen LogP contribution in [-0.4, -0.2) is 47.5 Å². The number of carboxylic acids is 1. The number of amides is 3. The van der Waals surface area contributed by atoms with Crippen LogP contribution in [0.3, 0.4) is 0 Å². The van der Waals surface area contributed by atoms with Gasteiger partial charge in [-0.3, -0.25) is 9.69 Å². The summed E-state index contributed by atoms with van der Waals surface area (Å²) in [6.45, 7) is 0.555. The number of thioether (sulfide) groups is 1. The number of benzene rings is 2. The molecule has 2 aromatic rings. The molecule has 0 radical (unpaired) electrons. The van der Waals surface area contributed by atoms with Crippen LogP contribution < -0.4 is 15.5 Å². The predicted molar refractivity (Wildman–Crippen MR) is 163 cm³/mol. The average molecular weight is 650 g/mol. The summed E-state index contributed by atoms with van der Waals surface area (Å²) < 4.78 is 65.6. The predicted octanol–water partition coefficient (Wildman–Crippen LogP) is 8.02. The Labute approximate surface area is 261 Å². The fourth-order valence-corrected chi connectivity index (χ4v) is 5.58. The zero-order chi connectivity index (χ0) is 32.8. The molecule has 2 aromatic carbocycles. The van der Waals surface area contributed by atoms with E-state index in [1.807, 2.05) is 24.4 Å². The fourth-order valence-electron chi connectivity index (χ4n) is 4.98. The van der Waals surface area contributed by atoms with Gasteiger partial charge in [-0.25, -0.2) is 9.59 Å². The molecule has 13 heteroatoms. The van der Waals surface area contributed by atoms with Crippen LogP contribution in [0.25, 0.3) is 5.57 Å². The number of aliphatic carboxylic acids is 1. The average Bonchev–Trinajstić information content (AvgIpc) is 2.99. The fraction of sp³-hybridized carbons (Fsp3) is 0.344. The molecule has 0 saturated heterocycles. The quantitative estimate of drug-likeness (QED) is 0.179. The minimum atomic E-state index is -4.49. The second-order valence-electron chi connectivity index (χ2n) is 11.2. The van der Waals surface area contributed by atoms with Crippen molar-refractivity contribution in [3.8, 4) is 0 Å². The minimum Gasteiger partial charge on any atom is -0.477 e. The summed E-state index contributed by atoms with van der Waals surface area (Å²) in [7, 11) is 0. The Kier molecular flexibility index (Phi) is 10.4. The number of urea groups is 1. The van der Waals surface area contributed by atoms with Crippen LogP contribution in [0.4, 0.5) is 38.1 Å². The largest absolute Gasteiger partial charge is 0.477 e. The van der Waals surface area contributed by atoms with Gasteiger partial charge in [0.1, 0.15) is 0 Å². The third-order valence-electron chi connectivity index (χ3n) is 7.42. The van der Waals surface area contributed by atoms with Crippen LogP contribution >= 0.6 is 11.8 Å². The van der Waals surface area contributed by atoms with Crippen molar-refractivity contribution < 1.29 is 41.4 Å². The lowest BCUT2D eigenvalue weighted by Crippen LogP contribution is -2.43. The van der Waals surface area contributed by atoms with Crippen molar-refractivity contribution in [2.24, 2.45) is 5.41 Å². The van der Waals surface area contributed by atoms with Crippen molar-refractivity contribution in [1.82, 2.24) is 5.32 Å². The number of rotatable bonds is 10. The van der Waals surface area contributed by atoms with Crippen LogP contribution in [0.2, 0.25) is 0 Å². The van der Waals surface area contributed by atoms with Crippen LogP contribution in [-0.2, 0) is 9.59 Å². The van der Waals surface area contributed by atoms with Gasteiger partial charge >= 0.3 is 23.4 Å². The van der Waals surface area contributed by atoms with Crippen molar-refractivity contribution in [3.05, 3.63) is 84.0 Å². The zero-order valence-electron chi connectivity index (χ0n) is 24.3. The smallest absolute Gasteiger partial charge is 0.446 e. The number of nitrogens with zero attached hydrogens (tertiary/aromatic N) is 1. The molecule has 7 nitrogen and oxygen atoms in total. The molecule has 2 aliphatic carbocycles. The number of hydrogen-bond donors (Lipinski definition) is 3. The number of anilines is 2. The van der Waals surface area contributed by atoms with Crippen molar-refractivity contribution in [2.75, 3.05) is 23.3 Å². The summed E-state index contributed by atoms with van der Waals surface area (Å²) in [6, 6.07) is 12.3. The van der Waals surface area contributed by atoms with Crippen LogP contribution in [0, 0.1) is 5.41 Å². The SMILES string of the molecule is CC1(CN(C(=O)Nc2cccc(SC(F)(F)F)c2)c2ccc(C3=CCCCC3)cc2)C=CC(C(=O)NCC(F)(F)C(=O)O)=CC1. The van der Waals surface area contributed by atoms with Gasteiger partial charge in [0, 0.05) is 33.8 Å². The van der Waals surface area contributed by atoms with Gasteiger partial charge in [-0.05, 0) is 85.3 Å². The van der Waals surface area contributed by atoms with E-state index in [1.165, 1.54) is 46.9 Å². The lowest BCUT2D eigenvalue weighted by Gasteiger charge is -2.35. The van der Waals surface area contributed by atoms with E-state index >= 15 is 0 Å². The number of carbonyl (C=O) groups excluding carboxylic acids is 2. The van der Waals surface area contributed by atoms with Crippen LogP contribution in [0.5, 0.6) is 0 Å². The van der Waals surface area contributed by atoms with Crippen molar-refractivity contribution >= 4 is 46.6 Å². The molecule has 0 saturated carbocycles. The topological polar surface area (TPSA) is 98.7 Å². The maximum absolute atomic E-state index is 13.7. The number of carbonyl (C=O) groups is 3. The molecule has 4 rings (SSSR count). The van der Waals surface area contributed by atoms with Gasteiger partial charge in [-0.1, -0.05) is 49.4 Å². The first kappa shape index (κ1) is 33.8. The zero-order valence-corrected chi connectivity index (χ0v) is 25.1. The molecule has 0 heterocycles. The Balaban J connectivity index is 1.54. The minimum absolute atomic E-state index is 0.0637. The van der Waals surface area contributed by atoms with Crippen LogP contribution in [0.15, 0.2) is 83.3 Å². The molecule has 240 valence electrons. The van der Waals surface area contributed by atoms with Crippen LogP contribution in [0.1, 0.15) is 44.6 Å². The molecule has 0 fully saturated rings. The summed E-state index contributed by atoms with van der Waals surface area (Å²) in [5.41, 5.74) is -2.20. The molecule has 1 atom stereocenters. The van der Waals surface area contributed by atoms with Gasteiger partial charge in [0.2, 0.25) is 0 Å². The summed E-state index contributed by atoms with van der Waals surface area (Å²) in [5.74, 6) is -7.34. The Morgan fingerprint density at radius 3 is 2.36 bits per heavy atom. The van der Waals surface area contributed by atoms with E-state index in [0.29, 0.717) is 5.69 Å². The number of carboxylic acid groups (broad SMARTS) is 1. The van der Waals surface area contributed by atoms with E-state index in [4.69, 9.17) is 5.11 Å². The highest BCUT2D eigenvalue weighted by atomic mass is 32.2. The second-order valence-corrected chi connectivity index (χ2v) is 12.3. The number of alkyl halides is 5. The Morgan fingerprint density at radius 1 is 1.02 bits per heavy atom. The third-order valence-corrected chi connectivity index (χ3v) is 8.14. The molecule has 0 aromatic heterocycles.